The molecule has 0 heterocycles. The maximum atomic E-state index is 13.8. The number of nitrogens with zero attached hydrogens (tertiary/aromatic N) is 2. The molecule has 3 aromatic carbocycles. The van der Waals surface area contributed by atoms with E-state index in [1.165, 1.54) is 4.90 Å². The lowest BCUT2D eigenvalue weighted by Gasteiger charge is -2.32. The fourth-order valence-electron chi connectivity index (χ4n) is 4.81. The molecule has 196 valence electrons. The first-order valence-electron chi connectivity index (χ1n) is 12.4. The summed E-state index contributed by atoms with van der Waals surface area (Å²) < 4.78 is 27.0. The quantitative estimate of drug-likeness (QED) is 0.424. The van der Waals surface area contributed by atoms with Crippen molar-refractivity contribution in [2.75, 3.05) is 17.1 Å². The summed E-state index contributed by atoms with van der Waals surface area (Å²) in [6.07, 6.45) is 5.04. The average Bonchev–Trinajstić information content (AvgIpc) is 3.38. The summed E-state index contributed by atoms with van der Waals surface area (Å²) in [7, 11) is -3.82. The molecular weight excluding hydrogens is 510 g/mol. The lowest BCUT2D eigenvalue weighted by Crippen LogP contribution is -2.52. The molecule has 1 atom stereocenters. The molecule has 37 heavy (non-hydrogen) atoms. The summed E-state index contributed by atoms with van der Waals surface area (Å²) in [5, 5.41) is 5.10. The number of hydrogen-bond acceptors (Lipinski definition) is 4. The number of fused-ring (bicyclic) bond motifs is 1. The molecule has 1 aliphatic rings. The molecule has 2 amide bonds. The first-order valence-corrected chi connectivity index (χ1v) is 14.7. The van der Waals surface area contributed by atoms with E-state index >= 15 is 0 Å². The number of amides is 2. The van der Waals surface area contributed by atoms with E-state index in [4.69, 9.17) is 11.6 Å². The van der Waals surface area contributed by atoms with Gasteiger partial charge in [0.05, 0.1) is 11.9 Å². The Morgan fingerprint density at radius 1 is 1.00 bits per heavy atom. The van der Waals surface area contributed by atoms with Crippen LogP contribution in [0, 0.1) is 0 Å². The molecule has 1 unspecified atom stereocenters. The molecule has 7 nitrogen and oxygen atoms in total. The van der Waals surface area contributed by atoms with Crippen molar-refractivity contribution in [1.82, 2.24) is 10.2 Å². The minimum Gasteiger partial charge on any atom is -0.352 e. The second kappa shape index (κ2) is 11.5. The van der Waals surface area contributed by atoms with Crippen molar-refractivity contribution in [3.63, 3.8) is 0 Å². The Balaban J connectivity index is 1.66. The van der Waals surface area contributed by atoms with E-state index in [-0.39, 0.29) is 18.5 Å². The normalized spacial score (nSPS) is 14.9. The Morgan fingerprint density at radius 3 is 2.35 bits per heavy atom. The van der Waals surface area contributed by atoms with E-state index in [0.717, 1.165) is 41.6 Å². The topological polar surface area (TPSA) is 86.8 Å². The molecule has 0 aromatic heterocycles. The zero-order chi connectivity index (χ0) is 26.6. The second-order valence-electron chi connectivity index (χ2n) is 9.55. The highest BCUT2D eigenvalue weighted by atomic mass is 35.5. The van der Waals surface area contributed by atoms with E-state index in [2.05, 4.69) is 5.32 Å². The Labute approximate surface area is 223 Å². The van der Waals surface area contributed by atoms with Crippen molar-refractivity contribution in [3.8, 4) is 0 Å². The summed E-state index contributed by atoms with van der Waals surface area (Å²) in [4.78, 5) is 28.4. The number of rotatable bonds is 9. The van der Waals surface area contributed by atoms with Crippen molar-refractivity contribution in [3.05, 3.63) is 77.3 Å². The molecule has 0 spiro atoms. The third-order valence-electron chi connectivity index (χ3n) is 6.88. The lowest BCUT2D eigenvalue weighted by molar-refractivity contribution is -0.139. The van der Waals surface area contributed by atoms with Crippen LogP contribution in [-0.4, -0.2) is 50.0 Å². The molecule has 0 radical (unpaired) electrons. The van der Waals surface area contributed by atoms with E-state index in [0.29, 0.717) is 21.7 Å². The maximum Gasteiger partial charge on any atom is 0.244 e. The third kappa shape index (κ3) is 6.43. The lowest BCUT2D eigenvalue weighted by atomic mass is 10.1. The molecule has 1 aliphatic carbocycles. The van der Waals surface area contributed by atoms with Crippen LogP contribution < -0.4 is 9.62 Å². The molecule has 1 N–H and O–H groups in total. The number of carbonyl (C=O) groups is 2. The SMILES string of the molecule is CC(C(=O)NC1CCCC1)N(Cc1ccccc1Cl)C(=O)CN(c1cccc2ccccc12)S(C)(=O)=O. The average molecular weight is 542 g/mol. The van der Waals surface area contributed by atoms with E-state index in [9.17, 15) is 18.0 Å². The Kier molecular flexibility index (Phi) is 8.39. The fraction of sp³-hybridized carbons (Fsp3) is 0.357. The molecule has 0 saturated heterocycles. The zero-order valence-electron chi connectivity index (χ0n) is 21.1. The summed E-state index contributed by atoms with van der Waals surface area (Å²) in [5.74, 6) is -0.754. The highest BCUT2D eigenvalue weighted by molar-refractivity contribution is 7.92. The number of carbonyl (C=O) groups excluding carboxylic acids is 2. The van der Waals surface area contributed by atoms with Gasteiger partial charge in [-0.3, -0.25) is 13.9 Å². The molecule has 0 aliphatic heterocycles. The van der Waals surface area contributed by atoms with Crippen LogP contribution in [0.3, 0.4) is 0 Å². The zero-order valence-corrected chi connectivity index (χ0v) is 22.6. The Morgan fingerprint density at radius 2 is 1.65 bits per heavy atom. The molecule has 9 heteroatoms. The molecule has 4 rings (SSSR count). The number of hydrogen-bond donors (Lipinski definition) is 1. The van der Waals surface area contributed by atoms with E-state index in [1.807, 2.05) is 36.4 Å². The summed E-state index contributed by atoms with van der Waals surface area (Å²) in [6, 6.07) is 19.1. The van der Waals surface area contributed by atoms with Crippen molar-refractivity contribution in [1.29, 1.82) is 0 Å². The van der Waals surface area contributed by atoms with Crippen LogP contribution in [0.1, 0.15) is 38.2 Å². The van der Waals surface area contributed by atoms with Crippen LogP contribution in [0.25, 0.3) is 10.8 Å². The van der Waals surface area contributed by atoms with E-state index in [1.54, 1.807) is 37.3 Å². The van der Waals surface area contributed by atoms with Gasteiger partial charge in [-0.05, 0) is 42.8 Å². The number of sulfonamides is 1. The largest absolute Gasteiger partial charge is 0.352 e. The first kappa shape index (κ1) is 26.9. The number of benzene rings is 3. The standard InChI is InChI=1S/C28H32ClN3O4S/c1-20(28(34)30-23-13-5-6-14-23)31(18-22-11-4-8-16-25(22)29)27(33)19-32(37(2,35)36)26-17-9-12-21-10-3-7-15-24(21)26/h3-4,7-12,15-17,20,23H,5-6,13-14,18-19H2,1-2H3,(H,30,34). The smallest absolute Gasteiger partial charge is 0.244 e. The highest BCUT2D eigenvalue weighted by Crippen LogP contribution is 2.29. The van der Waals surface area contributed by atoms with Crippen LogP contribution in [0.2, 0.25) is 5.02 Å². The van der Waals surface area contributed by atoms with Crippen molar-refractivity contribution < 1.29 is 18.0 Å². The first-order chi connectivity index (χ1) is 17.6. The van der Waals surface area contributed by atoms with Crippen LogP contribution in [0.4, 0.5) is 5.69 Å². The van der Waals surface area contributed by atoms with Crippen molar-refractivity contribution in [2.24, 2.45) is 0 Å². The van der Waals surface area contributed by atoms with Gasteiger partial charge in [0.15, 0.2) is 0 Å². The monoisotopic (exact) mass is 541 g/mol. The maximum absolute atomic E-state index is 13.8. The van der Waals surface area contributed by atoms with Gasteiger partial charge in [0.1, 0.15) is 12.6 Å². The van der Waals surface area contributed by atoms with Gasteiger partial charge in [-0.2, -0.15) is 0 Å². The number of halogens is 1. The molecule has 0 bridgehead atoms. The third-order valence-corrected chi connectivity index (χ3v) is 8.38. The number of anilines is 1. The predicted molar refractivity (Wildman–Crippen MR) is 148 cm³/mol. The van der Waals surface area contributed by atoms with Crippen molar-refractivity contribution in [2.45, 2.75) is 51.2 Å². The number of nitrogens with one attached hydrogen (secondary N) is 1. The van der Waals surface area contributed by atoms with Crippen LogP contribution in [0.5, 0.6) is 0 Å². The van der Waals surface area contributed by atoms with Gasteiger partial charge in [0, 0.05) is 23.0 Å². The van der Waals surface area contributed by atoms with E-state index < -0.39 is 28.5 Å². The molecule has 1 fully saturated rings. The highest BCUT2D eigenvalue weighted by Gasteiger charge is 2.32. The van der Waals surface area contributed by atoms with Gasteiger partial charge in [0.25, 0.3) is 0 Å². The minimum atomic E-state index is -3.82. The minimum absolute atomic E-state index is 0.0743. The van der Waals surface area contributed by atoms with Gasteiger partial charge in [-0.15, -0.1) is 0 Å². The molecule has 1 saturated carbocycles. The van der Waals surface area contributed by atoms with Gasteiger partial charge >= 0.3 is 0 Å². The Bertz CT molecular complexity index is 1380. The Hall–Kier alpha value is -3.10. The molecular formula is C28H32ClN3O4S. The van der Waals surface area contributed by atoms with Gasteiger partial charge < -0.3 is 10.2 Å². The van der Waals surface area contributed by atoms with Gasteiger partial charge in [0.2, 0.25) is 21.8 Å². The van der Waals surface area contributed by atoms with Gasteiger partial charge in [-0.1, -0.05) is 79.0 Å². The second-order valence-corrected chi connectivity index (χ2v) is 11.9. The van der Waals surface area contributed by atoms with Crippen LogP contribution in [0.15, 0.2) is 66.7 Å². The van der Waals surface area contributed by atoms with Gasteiger partial charge in [-0.25, -0.2) is 8.42 Å². The summed E-state index contributed by atoms with van der Waals surface area (Å²) >= 11 is 6.39. The molecule has 3 aromatic rings. The summed E-state index contributed by atoms with van der Waals surface area (Å²) in [5.41, 5.74) is 1.09. The van der Waals surface area contributed by atoms with Crippen molar-refractivity contribution >= 4 is 49.9 Å². The van der Waals surface area contributed by atoms with Crippen LogP contribution >= 0.6 is 11.6 Å². The van der Waals surface area contributed by atoms with Crippen LogP contribution in [-0.2, 0) is 26.2 Å². The fourth-order valence-corrected chi connectivity index (χ4v) is 5.86. The predicted octanol–water partition coefficient (Wildman–Crippen LogP) is 4.74. The summed E-state index contributed by atoms with van der Waals surface area (Å²) in [6.45, 7) is 1.30.